The number of halogens is 1. The summed E-state index contributed by atoms with van der Waals surface area (Å²) < 4.78 is 13.2. The maximum Gasteiger partial charge on any atom is 0.223 e. The molecular weight excluding hydrogens is 289 g/mol. The Morgan fingerprint density at radius 2 is 2.24 bits per heavy atom. The highest BCUT2D eigenvalue weighted by atomic mass is 32.1. The Kier molecular flexibility index (Phi) is 5.41. The van der Waals surface area contributed by atoms with Crippen LogP contribution in [-0.4, -0.2) is 22.3 Å². The fourth-order valence-electron chi connectivity index (χ4n) is 1.99. The first-order valence-corrected chi connectivity index (χ1v) is 7.63. The van der Waals surface area contributed by atoms with Crippen LogP contribution in [0.4, 0.5) is 9.52 Å². The van der Waals surface area contributed by atoms with Gasteiger partial charge in [-0.1, -0.05) is 19.1 Å². The third-order valence-corrected chi connectivity index (χ3v) is 3.77. The summed E-state index contributed by atoms with van der Waals surface area (Å²) in [6, 6.07) is 6.62. The molecule has 0 radical (unpaired) electrons. The maximum atomic E-state index is 13.2. The van der Waals surface area contributed by atoms with Gasteiger partial charge in [0.2, 0.25) is 5.91 Å². The molecule has 0 saturated heterocycles. The van der Waals surface area contributed by atoms with Crippen molar-refractivity contribution < 1.29 is 9.18 Å². The van der Waals surface area contributed by atoms with Crippen LogP contribution in [0.2, 0.25) is 0 Å². The van der Waals surface area contributed by atoms with E-state index in [9.17, 15) is 9.18 Å². The van der Waals surface area contributed by atoms with Gasteiger partial charge in [0.15, 0.2) is 5.13 Å². The van der Waals surface area contributed by atoms with E-state index in [2.05, 4.69) is 22.1 Å². The van der Waals surface area contributed by atoms with E-state index in [-0.39, 0.29) is 11.7 Å². The summed E-state index contributed by atoms with van der Waals surface area (Å²) in [6.07, 6.45) is 0. The van der Waals surface area contributed by atoms with Crippen molar-refractivity contribution in [3.63, 3.8) is 0 Å². The zero-order valence-corrected chi connectivity index (χ0v) is 12.9. The molecule has 2 aromatic rings. The van der Waals surface area contributed by atoms with Gasteiger partial charge in [-0.2, -0.15) is 0 Å². The average molecular weight is 307 g/mol. The van der Waals surface area contributed by atoms with Crippen LogP contribution < -0.4 is 5.32 Å². The molecule has 0 saturated carbocycles. The first-order valence-electron chi connectivity index (χ1n) is 6.75. The van der Waals surface area contributed by atoms with Gasteiger partial charge in [-0.05, 0) is 24.2 Å². The highest BCUT2D eigenvalue weighted by Crippen LogP contribution is 2.17. The predicted octanol–water partition coefficient (Wildman–Crippen LogP) is 3.26. The number of amides is 1. The zero-order valence-electron chi connectivity index (χ0n) is 12.1. The molecule has 0 aliphatic rings. The van der Waals surface area contributed by atoms with Gasteiger partial charge < -0.3 is 5.32 Å². The molecule has 21 heavy (non-hydrogen) atoms. The molecular formula is C15H18FN3OS. The van der Waals surface area contributed by atoms with E-state index in [4.69, 9.17) is 0 Å². The van der Waals surface area contributed by atoms with Crippen molar-refractivity contribution in [3.8, 4) is 0 Å². The minimum absolute atomic E-state index is 0.122. The molecule has 0 bridgehead atoms. The number of carbonyl (C=O) groups is 1. The number of rotatable bonds is 6. The number of thiazole rings is 1. The van der Waals surface area contributed by atoms with Crippen molar-refractivity contribution in [1.29, 1.82) is 0 Å². The highest BCUT2D eigenvalue weighted by Gasteiger charge is 2.09. The van der Waals surface area contributed by atoms with Gasteiger partial charge in [0.1, 0.15) is 5.82 Å². The van der Waals surface area contributed by atoms with Gasteiger partial charge in [-0.15, -0.1) is 11.3 Å². The third kappa shape index (κ3) is 4.91. The highest BCUT2D eigenvalue weighted by molar-refractivity contribution is 7.13. The molecule has 4 nitrogen and oxygen atoms in total. The predicted molar refractivity (Wildman–Crippen MR) is 82.6 cm³/mol. The second-order valence-electron chi connectivity index (χ2n) is 4.76. The van der Waals surface area contributed by atoms with E-state index in [1.165, 1.54) is 24.3 Å². The van der Waals surface area contributed by atoms with Crippen LogP contribution in [0.5, 0.6) is 0 Å². The number of nitrogens with one attached hydrogen (secondary N) is 1. The third-order valence-electron chi connectivity index (χ3n) is 2.96. The van der Waals surface area contributed by atoms with Crippen LogP contribution in [0.15, 0.2) is 29.6 Å². The summed E-state index contributed by atoms with van der Waals surface area (Å²) in [4.78, 5) is 17.5. The summed E-state index contributed by atoms with van der Waals surface area (Å²) >= 11 is 1.41. The SMILES string of the molecule is CCN(Cc1cccc(F)c1)Cc1csc(NC(C)=O)n1. The Hall–Kier alpha value is -1.79. The van der Waals surface area contributed by atoms with E-state index in [1.54, 1.807) is 12.1 Å². The van der Waals surface area contributed by atoms with E-state index in [0.717, 1.165) is 17.8 Å². The maximum absolute atomic E-state index is 13.2. The topological polar surface area (TPSA) is 45.2 Å². The Morgan fingerprint density at radius 1 is 1.43 bits per heavy atom. The molecule has 1 aromatic carbocycles. The number of nitrogens with zero attached hydrogens (tertiary/aromatic N) is 2. The van der Waals surface area contributed by atoms with Crippen LogP contribution in [0.3, 0.4) is 0 Å². The first-order chi connectivity index (χ1) is 10.1. The minimum atomic E-state index is -0.217. The summed E-state index contributed by atoms with van der Waals surface area (Å²) in [5.74, 6) is -0.340. The largest absolute Gasteiger partial charge is 0.302 e. The molecule has 112 valence electrons. The summed E-state index contributed by atoms with van der Waals surface area (Å²) in [6.45, 7) is 5.69. The number of carbonyl (C=O) groups excluding carboxylic acids is 1. The molecule has 1 aromatic heterocycles. The molecule has 0 fully saturated rings. The van der Waals surface area contributed by atoms with Crippen molar-refractivity contribution in [3.05, 3.63) is 46.7 Å². The lowest BCUT2D eigenvalue weighted by atomic mass is 10.2. The number of hydrogen-bond donors (Lipinski definition) is 1. The van der Waals surface area contributed by atoms with Crippen molar-refractivity contribution in [2.24, 2.45) is 0 Å². The molecule has 0 spiro atoms. The fourth-order valence-corrected chi connectivity index (χ4v) is 2.74. The smallest absolute Gasteiger partial charge is 0.223 e. The van der Waals surface area contributed by atoms with E-state index >= 15 is 0 Å². The van der Waals surface area contributed by atoms with Crippen LogP contribution in [0.1, 0.15) is 25.1 Å². The Morgan fingerprint density at radius 3 is 2.90 bits per heavy atom. The molecule has 0 aliphatic heterocycles. The standard InChI is InChI=1S/C15H18FN3OS/c1-3-19(8-12-5-4-6-13(16)7-12)9-14-10-21-15(18-14)17-11(2)20/h4-7,10H,3,8-9H2,1-2H3,(H,17,18,20). The summed E-state index contributed by atoms with van der Waals surface area (Å²) in [5, 5.41) is 5.21. The first kappa shape index (κ1) is 15.6. The van der Waals surface area contributed by atoms with E-state index < -0.39 is 0 Å². The van der Waals surface area contributed by atoms with Crippen LogP contribution in [-0.2, 0) is 17.9 Å². The Labute approximate surface area is 127 Å². The van der Waals surface area contributed by atoms with Crippen LogP contribution in [0, 0.1) is 5.82 Å². The second-order valence-corrected chi connectivity index (χ2v) is 5.62. The monoisotopic (exact) mass is 307 g/mol. The molecule has 0 atom stereocenters. The lowest BCUT2D eigenvalue weighted by Crippen LogP contribution is -2.22. The lowest BCUT2D eigenvalue weighted by Gasteiger charge is -2.19. The van der Waals surface area contributed by atoms with Crippen molar-refractivity contribution in [2.45, 2.75) is 26.9 Å². The minimum Gasteiger partial charge on any atom is -0.302 e. The summed E-state index contributed by atoms with van der Waals surface area (Å²) in [5.41, 5.74) is 1.84. The molecule has 0 unspecified atom stereocenters. The second kappa shape index (κ2) is 7.28. The molecule has 2 rings (SSSR count). The number of benzene rings is 1. The molecule has 6 heteroatoms. The van der Waals surface area contributed by atoms with Crippen molar-refractivity contribution in [2.75, 3.05) is 11.9 Å². The molecule has 1 N–H and O–H groups in total. The van der Waals surface area contributed by atoms with Crippen molar-refractivity contribution >= 4 is 22.4 Å². The molecule has 0 aliphatic carbocycles. The Bertz CT molecular complexity index is 614. The number of aromatic nitrogens is 1. The average Bonchev–Trinajstić information content (AvgIpc) is 2.84. The summed E-state index contributed by atoms with van der Waals surface area (Å²) in [7, 11) is 0. The van der Waals surface area contributed by atoms with Crippen LogP contribution >= 0.6 is 11.3 Å². The van der Waals surface area contributed by atoms with Gasteiger partial charge in [-0.25, -0.2) is 9.37 Å². The van der Waals surface area contributed by atoms with Crippen LogP contribution in [0.25, 0.3) is 0 Å². The molecule has 1 heterocycles. The quantitative estimate of drug-likeness (QED) is 0.891. The van der Waals surface area contributed by atoms with Gasteiger partial charge >= 0.3 is 0 Å². The van der Waals surface area contributed by atoms with E-state index in [0.29, 0.717) is 18.2 Å². The molecule has 1 amide bonds. The lowest BCUT2D eigenvalue weighted by molar-refractivity contribution is -0.114. The number of anilines is 1. The van der Waals surface area contributed by atoms with Gasteiger partial charge in [-0.3, -0.25) is 9.69 Å². The van der Waals surface area contributed by atoms with Crippen molar-refractivity contribution in [1.82, 2.24) is 9.88 Å². The number of hydrogen-bond acceptors (Lipinski definition) is 4. The zero-order chi connectivity index (χ0) is 15.2. The van der Waals surface area contributed by atoms with Gasteiger partial charge in [0.05, 0.1) is 5.69 Å². The fraction of sp³-hybridized carbons (Fsp3) is 0.333. The van der Waals surface area contributed by atoms with E-state index in [1.807, 2.05) is 11.4 Å². The van der Waals surface area contributed by atoms with Gasteiger partial charge in [0.25, 0.3) is 0 Å². The Balaban J connectivity index is 1.98. The van der Waals surface area contributed by atoms with Gasteiger partial charge in [0, 0.05) is 25.4 Å². The normalized spacial score (nSPS) is 10.9.